The lowest BCUT2D eigenvalue weighted by molar-refractivity contribution is -0.134. The number of likely N-dealkylation sites (tertiary alicyclic amines) is 1. The van der Waals surface area contributed by atoms with Gasteiger partial charge >= 0.3 is 0 Å². The fourth-order valence-electron chi connectivity index (χ4n) is 4.03. The minimum Gasteiger partial charge on any atom is -0.463 e. The van der Waals surface area contributed by atoms with E-state index in [1.165, 1.54) is 6.07 Å². The summed E-state index contributed by atoms with van der Waals surface area (Å²) in [6.07, 6.45) is 3.79. The Labute approximate surface area is 169 Å². The molecule has 0 saturated carbocycles. The molecule has 3 aromatic rings. The van der Waals surface area contributed by atoms with Gasteiger partial charge in [-0.3, -0.25) is 9.59 Å². The second-order valence-electron chi connectivity index (χ2n) is 7.41. The molecule has 1 aromatic carbocycles. The zero-order chi connectivity index (χ0) is 20.2. The summed E-state index contributed by atoms with van der Waals surface area (Å²) < 4.78 is 6.95. The number of rotatable bonds is 5. The van der Waals surface area contributed by atoms with E-state index in [0.29, 0.717) is 37.4 Å². The monoisotopic (exact) mass is 391 g/mol. The molecule has 1 saturated heterocycles. The van der Waals surface area contributed by atoms with Crippen LogP contribution in [0.25, 0.3) is 11.5 Å². The molecule has 1 aliphatic heterocycles. The molecule has 0 radical (unpaired) electrons. The van der Waals surface area contributed by atoms with Gasteiger partial charge in [-0.15, -0.1) is 0 Å². The van der Waals surface area contributed by atoms with Gasteiger partial charge in [-0.2, -0.15) is 5.10 Å². The number of benzene rings is 1. The molecule has 6 nitrogen and oxygen atoms in total. The standard InChI is InChI=1S/C23H25N3O3/c1-2-19(17-7-4-3-5-8-17)23(28)25-14-12-18(13-15-25)26-22(27)11-10-20(24-26)21-9-6-16-29-21/h3-11,16,18-19H,2,12-15H2,1H3. The first-order valence-electron chi connectivity index (χ1n) is 10.1. The molecule has 1 atom stereocenters. The van der Waals surface area contributed by atoms with Crippen molar-refractivity contribution < 1.29 is 9.21 Å². The number of piperidine rings is 1. The maximum Gasteiger partial charge on any atom is 0.267 e. The van der Waals surface area contributed by atoms with Crippen molar-refractivity contribution in [1.29, 1.82) is 0 Å². The van der Waals surface area contributed by atoms with E-state index in [4.69, 9.17) is 4.42 Å². The third-order valence-corrected chi connectivity index (χ3v) is 5.63. The summed E-state index contributed by atoms with van der Waals surface area (Å²) in [6.45, 7) is 3.31. The normalized spacial score (nSPS) is 16.0. The van der Waals surface area contributed by atoms with Gasteiger partial charge in [0.05, 0.1) is 18.2 Å². The lowest BCUT2D eigenvalue weighted by Gasteiger charge is -2.34. The van der Waals surface area contributed by atoms with Crippen LogP contribution in [0.2, 0.25) is 0 Å². The molecule has 1 amide bonds. The highest BCUT2D eigenvalue weighted by molar-refractivity contribution is 5.83. The van der Waals surface area contributed by atoms with Gasteiger partial charge in [-0.1, -0.05) is 37.3 Å². The van der Waals surface area contributed by atoms with Crippen LogP contribution in [-0.4, -0.2) is 33.7 Å². The summed E-state index contributed by atoms with van der Waals surface area (Å²) in [7, 11) is 0. The third kappa shape index (κ3) is 4.01. The van der Waals surface area contributed by atoms with Crippen LogP contribution < -0.4 is 5.56 Å². The summed E-state index contributed by atoms with van der Waals surface area (Å²) in [5.41, 5.74) is 1.58. The lowest BCUT2D eigenvalue weighted by atomic mass is 9.93. The van der Waals surface area contributed by atoms with Crippen LogP contribution in [0.4, 0.5) is 0 Å². The largest absolute Gasteiger partial charge is 0.463 e. The molecule has 150 valence electrons. The topological polar surface area (TPSA) is 68.3 Å². The van der Waals surface area contributed by atoms with Crippen molar-refractivity contribution in [2.75, 3.05) is 13.1 Å². The summed E-state index contributed by atoms with van der Waals surface area (Å²) in [5, 5.41) is 4.51. The zero-order valence-electron chi connectivity index (χ0n) is 16.5. The van der Waals surface area contributed by atoms with Gasteiger partial charge in [-0.05, 0) is 43.0 Å². The summed E-state index contributed by atoms with van der Waals surface area (Å²) >= 11 is 0. The first-order valence-corrected chi connectivity index (χ1v) is 10.1. The van der Waals surface area contributed by atoms with Gasteiger partial charge in [0.1, 0.15) is 5.69 Å². The van der Waals surface area contributed by atoms with Gasteiger partial charge in [0.2, 0.25) is 5.91 Å². The molecule has 0 bridgehead atoms. The van der Waals surface area contributed by atoms with Crippen molar-refractivity contribution in [3.8, 4) is 11.5 Å². The molecular formula is C23H25N3O3. The van der Waals surface area contributed by atoms with E-state index in [0.717, 1.165) is 12.0 Å². The number of carbonyl (C=O) groups excluding carboxylic acids is 1. The Kier molecular flexibility index (Phi) is 5.60. The molecular weight excluding hydrogens is 366 g/mol. The van der Waals surface area contributed by atoms with Crippen LogP contribution in [0.5, 0.6) is 0 Å². The fourth-order valence-corrected chi connectivity index (χ4v) is 4.03. The van der Waals surface area contributed by atoms with Gasteiger partial charge in [-0.25, -0.2) is 4.68 Å². The van der Waals surface area contributed by atoms with Crippen molar-refractivity contribution in [3.63, 3.8) is 0 Å². The highest BCUT2D eigenvalue weighted by Crippen LogP contribution is 2.27. The van der Waals surface area contributed by atoms with Crippen molar-refractivity contribution in [2.24, 2.45) is 0 Å². The highest BCUT2D eigenvalue weighted by atomic mass is 16.3. The molecule has 1 unspecified atom stereocenters. The van der Waals surface area contributed by atoms with Gasteiger partial charge in [0.15, 0.2) is 5.76 Å². The van der Waals surface area contributed by atoms with E-state index in [9.17, 15) is 9.59 Å². The van der Waals surface area contributed by atoms with E-state index >= 15 is 0 Å². The average molecular weight is 391 g/mol. The van der Waals surface area contributed by atoms with Gasteiger partial charge in [0, 0.05) is 19.2 Å². The van der Waals surface area contributed by atoms with Crippen LogP contribution in [-0.2, 0) is 4.79 Å². The number of amides is 1. The fraction of sp³-hybridized carbons (Fsp3) is 0.348. The molecule has 29 heavy (non-hydrogen) atoms. The number of hydrogen-bond donors (Lipinski definition) is 0. The van der Waals surface area contributed by atoms with E-state index in [1.807, 2.05) is 48.2 Å². The third-order valence-electron chi connectivity index (χ3n) is 5.63. The lowest BCUT2D eigenvalue weighted by Crippen LogP contribution is -2.43. The molecule has 3 heterocycles. The van der Waals surface area contributed by atoms with E-state index < -0.39 is 0 Å². The number of carbonyl (C=O) groups is 1. The van der Waals surface area contributed by atoms with Gasteiger partial charge in [0.25, 0.3) is 5.56 Å². The first kappa shape index (κ1) is 19.2. The van der Waals surface area contributed by atoms with Crippen LogP contribution in [0.1, 0.15) is 43.7 Å². The summed E-state index contributed by atoms with van der Waals surface area (Å²) in [6, 6.07) is 16.8. The second kappa shape index (κ2) is 8.47. The smallest absolute Gasteiger partial charge is 0.267 e. The number of hydrogen-bond acceptors (Lipinski definition) is 4. The Morgan fingerprint density at radius 3 is 2.52 bits per heavy atom. The van der Waals surface area contributed by atoms with Crippen LogP contribution >= 0.6 is 0 Å². The first-order chi connectivity index (χ1) is 14.2. The maximum absolute atomic E-state index is 13.1. The van der Waals surface area contributed by atoms with Crippen molar-refractivity contribution in [1.82, 2.24) is 14.7 Å². The Hall–Kier alpha value is -3.15. The van der Waals surface area contributed by atoms with Crippen LogP contribution in [0, 0.1) is 0 Å². The molecule has 1 fully saturated rings. The summed E-state index contributed by atoms with van der Waals surface area (Å²) in [4.78, 5) is 27.4. The predicted octanol–water partition coefficient (Wildman–Crippen LogP) is 3.86. The van der Waals surface area contributed by atoms with Crippen LogP contribution in [0.3, 0.4) is 0 Å². The quantitative estimate of drug-likeness (QED) is 0.662. The predicted molar refractivity (Wildman–Crippen MR) is 111 cm³/mol. The van der Waals surface area contributed by atoms with Gasteiger partial charge < -0.3 is 9.32 Å². The van der Waals surface area contributed by atoms with Crippen molar-refractivity contribution in [2.45, 2.75) is 38.1 Å². The number of aromatic nitrogens is 2. The minimum absolute atomic E-state index is 0.0155. The molecule has 4 rings (SSSR count). The Bertz CT molecular complexity index is 1000. The second-order valence-corrected chi connectivity index (χ2v) is 7.41. The minimum atomic E-state index is -0.124. The highest BCUT2D eigenvalue weighted by Gasteiger charge is 2.29. The average Bonchev–Trinajstić information content (AvgIpc) is 3.30. The van der Waals surface area contributed by atoms with E-state index in [1.54, 1.807) is 23.1 Å². The maximum atomic E-state index is 13.1. The zero-order valence-corrected chi connectivity index (χ0v) is 16.5. The SMILES string of the molecule is CCC(C(=O)N1CCC(n2nc(-c3ccco3)ccc2=O)CC1)c1ccccc1. The molecule has 6 heteroatoms. The van der Waals surface area contributed by atoms with E-state index in [2.05, 4.69) is 5.10 Å². The number of nitrogens with zero attached hydrogens (tertiary/aromatic N) is 3. The number of furan rings is 1. The van der Waals surface area contributed by atoms with E-state index in [-0.39, 0.29) is 23.4 Å². The molecule has 0 aliphatic carbocycles. The molecule has 0 spiro atoms. The van der Waals surface area contributed by atoms with Crippen molar-refractivity contribution in [3.05, 3.63) is 76.8 Å². The molecule has 0 N–H and O–H groups in total. The Balaban J connectivity index is 1.46. The Morgan fingerprint density at radius 2 is 1.86 bits per heavy atom. The van der Waals surface area contributed by atoms with Crippen LogP contribution in [0.15, 0.2) is 70.1 Å². The summed E-state index contributed by atoms with van der Waals surface area (Å²) in [5.74, 6) is 0.692. The molecule has 1 aliphatic rings. The van der Waals surface area contributed by atoms with Crippen molar-refractivity contribution >= 4 is 5.91 Å². The Morgan fingerprint density at radius 1 is 1.10 bits per heavy atom. The molecule has 2 aromatic heterocycles.